The van der Waals surface area contributed by atoms with E-state index < -0.39 is 12.3 Å². The van der Waals surface area contributed by atoms with Gasteiger partial charge in [0.15, 0.2) is 0 Å². The van der Waals surface area contributed by atoms with Gasteiger partial charge in [-0.05, 0) is 204 Å². The Bertz CT molecular complexity index is 3780. The monoisotopic (exact) mass is 997 g/mol. The lowest BCUT2D eigenvalue weighted by Crippen LogP contribution is -2.62. The van der Waals surface area contributed by atoms with E-state index >= 15 is 0 Å². The number of para-hydroxylation sites is 2. The molecule has 0 bridgehead atoms. The van der Waals surface area contributed by atoms with Gasteiger partial charge >= 0.3 is 0 Å². The van der Waals surface area contributed by atoms with Crippen molar-refractivity contribution in [2.24, 2.45) is 0 Å². The Labute approximate surface area is 459 Å². The van der Waals surface area contributed by atoms with Crippen LogP contribution in [0.4, 0.5) is 51.2 Å². The van der Waals surface area contributed by atoms with Crippen molar-refractivity contribution in [1.29, 1.82) is 0 Å². The second-order valence-electron chi connectivity index (χ2n) is 27.3. The first-order valence-corrected chi connectivity index (χ1v) is 28.1. The van der Waals surface area contributed by atoms with Crippen LogP contribution in [-0.4, -0.2) is 6.71 Å². The molecular formula is C72H76BN3. The Balaban J connectivity index is 1.16. The Hall–Kier alpha value is -6.78. The van der Waals surface area contributed by atoms with E-state index in [0.717, 1.165) is 82.3 Å². The molecule has 0 aromatic heterocycles. The second-order valence-corrected chi connectivity index (χ2v) is 27.3. The largest absolute Gasteiger partial charge is 0.311 e. The minimum Gasteiger partial charge on any atom is -0.311 e. The number of aryl methyl sites for hydroxylation is 1. The average Bonchev–Trinajstić information content (AvgIpc) is 3.91. The molecule has 0 radical (unpaired) electrons. The molecule has 382 valence electrons. The summed E-state index contributed by atoms with van der Waals surface area (Å²) in [5, 5.41) is 0. The van der Waals surface area contributed by atoms with Gasteiger partial charge in [0.05, 0.1) is 5.69 Å². The van der Waals surface area contributed by atoms with Gasteiger partial charge in [-0.2, -0.15) is 0 Å². The lowest BCUT2D eigenvalue weighted by molar-refractivity contribution is 0.332. The summed E-state index contributed by atoms with van der Waals surface area (Å²) in [6.07, 6.45) is 4.39. The summed E-state index contributed by atoms with van der Waals surface area (Å²) in [6.45, 7) is 28.4. The average molecular weight is 997 g/mol. The van der Waals surface area contributed by atoms with Crippen molar-refractivity contribution in [2.75, 3.05) is 14.7 Å². The molecule has 0 fully saturated rings. The molecule has 2 aliphatic heterocycles. The lowest BCUT2D eigenvalue weighted by Gasteiger charge is -2.48. The first-order chi connectivity index (χ1) is 37.2. The fourth-order valence-corrected chi connectivity index (χ4v) is 14.5. The van der Waals surface area contributed by atoms with E-state index in [1.165, 1.54) is 61.0 Å². The number of anilines is 9. The van der Waals surface area contributed by atoms with Crippen molar-refractivity contribution in [1.82, 2.24) is 0 Å². The van der Waals surface area contributed by atoms with E-state index in [4.69, 9.17) is 0 Å². The molecule has 2 heterocycles. The van der Waals surface area contributed by atoms with E-state index in [0.29, 0.717) is 5.56 Å². The van der Waals surface area contributed by atoms with Crippen molar-refractivity contribution >= 4 is 74.3 Å². The zero-order valence-corrected chi connectivity index (χ0v) is 47.3. The second kappa shape index (κ2) is 16.4. The van der Waals surface area contributed by atoms with Crippen LogP contribution in [0, 0.1) is 6.85 Å². The maximum Gasteiger partial charge on any atom is 0.252 e. The maximum absolute atomic E-state index is 9.42. The number of hydrogen-bond donors (Lipinski definition) is 0. The summed E-state index contributed by atoms with van der Waals surface area (Å²) in [7, 11) is 0. The van der Waals surface area contributed by atoms with Crippen LogP contribution in [0.5, 0.6) is 0 Å². The van der Waals surface area contributed by atoms with E-state index in [9.17, 15) is 4.11 Å². The summed E-state index contributed by atoms with van der Waals surface area (Å²) in [4.78, 5) is 7.34. The topological polar surface area (TPSA) is 9.72 Å². The summed E-state index contributed by atoms with van der Waals surface area (Å²) in [5.74, 6) is 0. The van der Waals surface area contributed by atoms with Gasteiger partial charge < -0.3 is 14.7 Å². The number of rotatable bonds is 5. The zero-order chi connectivity index (χ0) is 55.7. The molecule has 0 N–H and O–H groups in total. The summed E-state index contributed by atoms with van der Waals surface area (Å²) < 4.78 is 28.2. The summed E-state index contributed by atoms with van der Waals surface area (Å²) >= 11 is 0. The van der Waals surface area contributed by atoms with Crippen LogP contribution < -0.4 is 31.1 Å². The van der Waals surface area contributed by atoms with Crippen molar-refractivity contribution in [2.45, 2.75) is 155 Å². The maximum atomic E-state index is 9.42. The molecule has 13 rings (SSSR count). The zero-order valence-electron chi connectivity index (χ0n) is 50.3. The van der Waals surface area contributed by atoms with Gasteiger partial charge in [-0.25, -0.2) is 0 Å². The highest BCUT2D eigenvalue weighted by Gasteiger charge is 2.49. The van der Waals surface area contributed by atoms with Crippen molar-refractivity contribution in [3.8, 4) is 11.1 Å². The fraction of sp³-hybridized carbons (Fsp3) is 0.333. The molecule has 0 saturated carbocycles. The number of fused-ring (bicyclic) bond motifs is 9. The van der Waals surface area contributed by atoms with Gasteiger partial charge in [-0.3, -0.25) is 0 Å². The van der Waals surface area contributed by atoms with Gasteiger partial charge in [0.25, 0.3) is 6.71 Å². The highest BCUT2D eigenvalue weighted by molar-refractivity contribution is 7.00. The van der Waals surface area contributed by atoms with E-state index in [-0.39, 0.29) is 33.8 Å². The van der Waals surface area contributed by atoms with Gasteiger partial charge in [0, 0.05) is 55.0 Å². The molecule has 8 aromatic carbocycles. The van der Waals surface area contributed by atoms with Crippen molar-refractivity contribution in [3.63, 3.8) is 0 Å². The van der Waals surface area contributed by atoms with Gasteiger partial charge in [0.2, 0.25) is 0 Å². The molecule has 0 amide bonds. The van der Waals surface area contributed by atoms with Crippen LogP contribution in [0.1, 0.15) is 164 Å². The van der Waals surface area contributed by atoms with E-state index in [2.05, 4.69) is 250 Å². The van der Waals surface area contributed by atoms with Crippen LogP contribution in [0.25, 0.3) is 11.1 Å². The van der Waals surface area contributed by atoms with Crippen LogP contribution in [0.2, 0.25) is 0 Å². The number of nitrogens with zero attached hydrogens (tertiary/aromatic N) is 3. The quantitative estimate of drug-likeness (QED) is 0.159. The molecule has 76 heavy (non-hydrogen) atoms. The predicted molar refractivity (Wildman–Crippen MR) is 327 cm³/mol. The predicted octanol–water partition coefficient (Wildman–Crippen LogP) is 17.8. The van der Waals surface area contributed by atoms with Crippen molar-refractivity contribution in [3.05, 3.63) is 202 Å². The minimum absolute atomic E-state index is 0.0284. The molecule has 0 saturated heterocycles. The van der Waals surface area contributed by atoms with E-state index in [1.807, 2.05) is 12.1 Å². The van der Waals surface area contributed by atoms with E-state index in [1.54, 1.807) is 0 Å². The van der Waals surface area contributed by atoms with Gasteiger partial charge in [-0.15, -0.1) is 0 Å². The molecule has 0 unspecified atom stereocenters. The van der Waals surface area contributed by atoms with Crippen LogP contribution in [0.15, 0.2) is 158 Å². The third-order valence-electron chi connectivity index (χ3n) is 19.2. The van der Waals surface area contributed by atoms with Gasteiger partial charge in [-0.1, -0.05) is 175 Å². The third kappa shape index (κ3) is 7.21. The summed E-state index contributed by atoms with van der Waals surface area (Å²) in [6, 6.07) is 58.8. The number of benzene rings is 8. The molecule has 4 heteroatoms. The highest BCUT2D eigenvalue weighted by Crippen LogP contribution is 2.58. The third-order valence-corrected chi connectivity index (χ3v) is 19.2. The van der Waals surface area contributed by atoms with Crippen molar-refractivity contribution < 1.29 is 4.11 Å². The Morgan fingerprint density at radius 3 is 1.64 bits per heavy atom. The molecule has 8 aromatic rings. The van der Waals surface area contributed by atoms with Crippen LogP contribution >= 0.6 is 0 Å². The first kappa shape index (κ1) is 45.4. The fourth-order valence-electron chi connectivity index (χ4n) is 14.5. The standard InChI is InChI=1S/C72H76BN3/c1-45-38-63-66-64(39-45)76(60-27-21-26-52-51-31-28-46(67(2,3)4)40-54(51)72(13,14)65(52)60)61-42-50(74(47-22-17-15-18-23-47)48-24-19-16-20-25-48)30-33-58(61)73(66)59-43-56-57(71(11,12)37-36-70(56,9)10)44-62(59)75(63)49-29-32-53-55(41-49)69(7,8)35-34-68(53,5)6/h15-33,38-44H,34-37H2,1-14H3/i1D3. The minimum atomic E-state index is -2.42. The molecular weight excluding hydrogens is 918 g/mol. The number of hydrogen-bond acceptors (Lipinski definition) is 3. The lowest BCUT2D eigenvalue weighted by atomic mass is 9.33. The Morgan fingerprint density at radius 1 is 0.447 bits per heavy atom. The first-order valence-electron chi connectivity index (χ1n) is 29.6. The van der Waals surface area contributed by atoms with Crippen LogP contribution in [-0.2, 0) is 32.5 Å². The molecule has 0 spiro atoms. The highest BCUT2D eigenvalue weighted by atomic mass is 15.2. The van der Waals surface area contributed by atoms with Gasteiger partial charge in [0.1, 0.15) is 0 Å². The Morgan fingerprint density at radius 2 is 1.03 bits per heavy atom. The normalized spacial score (nSPS) is 19.1. The summed E-state index contributed by atoms with van der Waals surface area (Å²) in [5.41, 5.74) is 24.6. The smallest absolute Gasteiger partial charge is 0.252 e. The molecule has 0 atom stereocenters. The molecule has 3 nitrogen and oxygen atoms in total. The molecule has 5 aliphatic rings. The Kier molecular flexibility index (Phi) is 9.79. The SMILES string of the molecule is [2H]C([2H])([2H])c1cc2c3c(c1)N(c1cccc4c1C(C)(C)c1cc(C(C)(C)C)ccc1-4)c1cc(N(c4ccccc4)c4ccccc4)ccc1B3c1cc3c(cc1N2c1ccc2c(c1)C(C)(C)CCC2(C)C)C(C)(C)CCC3(C)C. The van der Waals surface area contributed by atoms with Crippen LogP contribution in [0.3, 0.4) is 0 Å². The molecule has 3 aliphatic carbocycles.